The van der Waals surface area contributed by atoms with Crippen molar-refractivity contribution in [2.24, 2.45) is 0 Å². The van der Waals surface area contributed by atoms with Gasteiger partial charge in [-0.15, -0.1) is 0 Å². The van der Waals surface area contributed by atoms with E-state index in [0.717, 1.165) is 6.42 Å². The number of aryl methyl sites for hydroxylation is 3. The van der Waals surface area contributed by atoms with Crippen LogP contribution in [-0.4, -0.2) is 7.05 Å². The van der Waals surface area contributed by atoms with Crippen molar-refractivity contribution < 1.29 is 0 Å². The molecule has 1 heteroatoms. The average molecular weight is 267 g/mol. The van der Waals surface area contributed by atoms with E-state index in [1.165, 1.54) is 34.2 Å². The van der Waals surface area contributed by atoms with E-state index < -0.39 is 0 Å². The van der Waals surface area contributed by atoms with Gasteiger partial charge in [-0.3, -0.25) is 0 Å². The maximum absolute atomic E-state index is 3.44. The Morgan fingerprint density at radius 3 is 2.00 bits per heavy atom. The van der Waals surface area contributed by atoms with Crippen LogP contribution in [0.1, 0.15) is 47.2 Å². The molecule has 0 aliphatic rings. The second-order valence-electron chi connectivity index (χ2n) is 5.63. The highest BCUT2D eigenvalue weighted by Crippen LogP contribution is 2.24. The summed E-state index contributed by atoms with van der Waals surface area (Å²) in [6.45, 7) is 6.54. The van der Waals surface area contributed by atoms with Crippen LogP contribution in [0.5, 0.6) is 0 Å². The Bertz CT molecular complexity index is 534. The smallest absolute Gasteiger partial charge is 0.0574 e. The molecule has 0 saturated carbocycles. The number of hydrogen-bond donors (Lipinski definition) is 1. The third-order valence-electron chi connectivity index (χ3n) is 3.72. The largest absolute Gasteiger partial charge is 0.309 e. The van der Waals surface area contributed by atoms with E-state index in [-0.39, 0.29) is 6.04 Å². The molecule has 0 aliphatic heterocycles. The molecule has 0 amide bonds. The lowest BCUT2D eigenvalue weighted by Gasteiger charge is -2.19. The van der Waals surface area contributed by atoms with Crippen molar-refractivity contribution in [3.63, 3.8) is 0 Å². The Morgan fingerprint density at radius 2 is 1.50 bits per heavy atom. The number of benzene rings is 2. The summed E-state index contributed by atoms with van der Waals surface area (Å²) in [6.07, 6.45) is 2.36. The summed E-state index contributed by atoms with van der Waals surface area (Å²) in [4.78, 5) is 0. The predicted molar refractivity (Wildman–Crippen MR) is 87.3 cm³/mol. The third-order valence-corrected chi connectivity index (χ3v) is 3.72. The topological polar surface area (TPSA) is 12.0 Å². The molecule has 0 heterocycles. The highest BCUT2D eigenvalue weighted by atomic mass is 14.9. The molecule has 20 heavy (non-hydrogen) atoms. The quantitative estimate of drug-likeness (QED) is 0.837. The molecule has 0 fully saturated rings. The van der Waals surface area contributed by atoms with Gasteiger partial charge >= 0.3 is 0 Å². The minimum Gasteiger partial charge on any atom is -0.309 e. The van der Waals surface area contributed by atoms with Crippen LogP contribution in [0.2, 0.25) is 0 Å². The summed E-state index contributed by atoms with van der Waals surface area (Å²) in [7, 11) is 2.03. The standard InChI is InChI=1S/C19H25N/c1-5-6-16-7-9-17(10-8-16)19(20-4)18-12-14(2)11-15(3)13-18/h7-13,19-20H,5-6H2,1-4H3. The zero-order valence-corrected chi connectivity index (χ0v) is 13.0. The minimum absolute atomic E-state index is 0.268. The van der Waals surface area contributed by atoms with E-state index >= 15 is 0 Å². The molecule has 0 bridgehead atoms. The Labute approximate surface area is 123 Å². The summed E-state index contributed by atoms with van der Waals surface area (Å²) in [5.41, 5.74) is 6.74. The molecule has 0 aliphatic carbocycles. The van der Waals surface area contributed by atoms with Crippen molar-refractivity contribution in [1.29, 1.82) is 0 Å². The summed E-state index contributed by atoms with van der Waals surface area (Å²) < 4.78 is 0. The molecule has 1 N–H and O–H groups in total. The lowest BCUT2D eigenvalue weighted by Crippen LogP contribution is -2.18. The van der Waals surface area contributed by atoms with Gasteiger partial charge in [-0.1, -0.05) is 66.9 Å². The third kappa shape index (κ3) is 3.49. The highest BCUT2D eigenvalue weighted by molar-refractivity contribution is 5.37. The van der Waals surface area contributed by atoms with E-state index in [1.54, 1.807) is 0 Å². The second kappa shape index (κ2) is 6.71. The van der Waals surface area contributed by atoms with Crippen LogP contribution in [0.4, 0.5) is 0 Å². The van der Waals surface area contributed by atoms with E-state index in [2.05, 4.69) is 68.6 Å². The Morgan fingerprint density at radius 1 is 0.900 bits per heavy atom. The van der Waals surface area contributed by atoms with Crippen molar-refractivity contribution in [2.75, 3.05) is 7.05 Å². The molecule has 2 aromatic carbocycles. The summed E-state index contributed by atoms with van der Waals surface area (Å²) in [6, 6.07) is 16.1. The fourth-order valence-corrected chi connectivity index (χ4v) is 2.87. The fraction of sp³-hybridized carbons (Fsp3) is 0.368. The van der Waals surface area contributed by atoms with E-state index in [1.807, 2.05) is 7.05 Å². The zero-order chi connectivity index (χ0) is 14.5. The molecule has 1 atom stereocenters. The molecule has 0 saturated heterocycles. The molecule has 1 nitrogen and oxygen atoms in total. The van der Waals surface area contributed by atoms with Crippen LogP contribution in [0.15, 0.2) is 42.5 Å². The lowest BCUT2D eigenvalue weighted by molar-refractivity contribution is 0.690. The van der Waals surface area contributed by atoms with Crippen LogP contribution in [0.3, 0.4) is 0 Å². The van der Waals surface area contributed by atoms with Crippen LogP contribution < -0.4 is 5.32 Å². The molecular formula is C19H25N. The van der Waals surface area contributed by atoms with Crippen molar-refractivity contribution in [1.82, 2.24) is 5.32 Å². The van der Waals surface area contributed by atoms with Crippen molar-refractivity contribution in [2.45, 2.75) is 39.7 Å². The normalized spacial score (nSPS) is 12.4. The van der Waals surface area contributed by atoms with Gasteiger partial charge in [-0.2, -0.15) is 0 Å². The Balaban J connectivity index is 2.31. The van der Waals surface area contributed by atoms with Gasteiger partial charge in [0.15, 0.2) is 0 Å². The molecule has 0 radical (unpaired) electrons. The monoisotopic (exact) mass is 267 g/mol. The highest BCUT2D eigenvalue weighted by Gasteiger charge is 2.12. The molecule has 1 unspecified atom stereocenters. The second-order valence-corrected chi connectivity index (χ2v) is 5.63. The first-order valence-electron chi connectivity index (χ1n) is 7.48. The van der Waals surface area contributed by atoms with Crippen LogP contribution >= 0.6 is 0 Å². The number of hydrogen-bond acceptors (Lipinski definition) is 1. The number of nitrogens with one attached hydrogen (secondary N) is 1. The summed E-state index contributed by atoms with van der Waals surface area (Å²) in [5.74, 6) is 0. The van der Waals surface area contributed by atoms with Gasteiger partial charge in [0.1, 0.15) is 0 Å². The predicted octanol–water partition coefficient (Wildman–Crippen LogP) is 4.56. The lowest BCUT2D eigenvalue weighted by atomic mass is 9.94. The molecule has 2 aromatic rings. The van der Waals surface area contributed by atoms with E-state index in [0.29, 0.717) is 0 Å². The Kier molecular flexibility index (Phi) is 4.97. The summed E-state index contributed by atoms with van der Waals surface area (Å²) >= 11 is 0. The SMILES string of the molecule is CCCc1ccc(C(NC)c2cc(C)cc(C)c2)cc1. The van der Waals surface area contributed by atoms with Gasteiger partial charge in [0, 0.05) is 0 Å². The van der Waals surface area contributed by atoms with E-state index in [9.17, 15) is 0 Å². The molecule has 0 spiro atoms. The van der Waals surface area contributed by atoms with Gasteiger partial charge in [-0.05, 0) is 44.0 Å². The van der Waals surface area contributed by atoms with Crippen molar-refractivity contribution in [3.8, 4) is 0 Å². The summed E-state index contributed by atoms with van der Waals surface area (Å²) in [5, 5.41) is 3.44. The van der Waals surface area contributed by atoms with Gasteiger partial charge < -0.3 is 5.32 Å². The molecule has 106 valence electrons. The first kappa shape index (κ1) is 14.8. The van der Waals surface area contributed by atoms with Crippen molar-refractivity contribution >= 4 is 0 Å². The van der Waals surface area contributed by atoms with E-state index in [4.69, 9.17) is 0 Å². The van der Waals surface area contributed by atoms with Crippen LogP contribution in [0, 0.1) is 13.8 Å². The van der Waals surface area contributed by atoms with Gasteiger partial charge in [0.2, 0.25) is 0 Å². The minimum atomic E-state index is 0.268. The molecule has 0 aromatic heterocycles. The Hall–Kier alpha value is -1.60. The van der Waals surface area contributed by atoms with Gasteiger partial charge in [0.05, 0.1) is 6.04 Å². The van der Waals surface area contributed by atoms with Crippen LogP contribution in [0.25, 0.3) is 0 Å². The first-order chi connectivity index (χ1) is 9.63. The van der Waals surface area contributed by atoms with Gasteiger partial charge in [0.25, 0.3) is 0 Å². The maximum Gasteiger partial charge on any atom is 0.0574 e. The van der Waals surface area contributed by atoms with Gasteiger partial charge in [-0.25, -0.2) is 0 Å². The maximum atomic E-state index is 3.44. The first-order valence-corrected chi connectivity index (χ1v) is 7.48. The molecule has 2 rings (SSSR count). The van der Waals surface area contributed by atoms with Crippen LogP contribution in [-0.2, 0) is 6.42 Å². The average Bonchev–Trinajstić information content (AvgIpc) is 2.41. The van der Waals surface area contributed by atoms with Crippen molar-refractivity contribution in [3.05, 3.63) is 70.3 Å². The zero-order valence-electron chi connectivity index (χ0n) is 13.0. The number of rotatable bonds is 5. The fourth-order valence-electron chi connectivity index (χ4n) is 2.87. The molecular weight excluding hydrogens is 242 g/mol.